The van der Waals surface area contributed by atoms with Crippen LogP contribution in [0.2, 0.25) is 0 Å². The van der Waals surface area contributed by atoms with E-state index < -0.39 is 133 Å². The fourth-order valence-electron chi connectivity index (χ4n) is 10.4. The van der Waals surface area contributed by atoms with Crippen LogP contribution >= 0.6 is 11.3 Å². The Kier molecular flexibility index (Phi) is 26.5. The zero-order chi connectivity index (χ0) is 66.3. The lowest BCUT2D eigenvalue weighted by atomic mass is 10.0. The van der Waals surface area contributed by atoms with Crippen molar-refractivity contribution >= 4 is 99.7 Å². The van der Waals surface area contributed by atoms with Gasteiger partial charge in [-0.25, -0.2) is 9.79 Å². The van der Waals surface area contributed by atoms with E-state index in [4.69, 9.17) is 40.1 Å². The molecule has 9 atom stereocenters. The highest BCUT2D eigenvalue weighted by Crippen LogP contribution is 2.30. The quantitative estimate of drug-likeness (QED) is 0.0157. The zero-order valence-electron chi connectivity index (χ0n) is 49.9. The number of carbonyl (C=O) groups excluding carboxylic acids is 9. The number of anilines is 1. The average Bonchev–Trinajstić information content (AvgIpc) is 1.75. The molecule has 0 spiro atoms. The number of fused-ring (bicyclic) bond motifs is 1. The molecule has 492 valence electrons. The standard InChI is InChI=1S/C57H80N20O13S/c58-35(15-6-20-65-55(59)60)47(82)71-36(16-7-21-66-56(61)62)51(86)75-23-9-19-41(75)52(87)76-28-32(79)25-42(76)50(85)68-27-43(80)70-38(26-33-13-10-24-91-33)48(83)72-39(30-78)49(84)74-46-53(88)77(29-44(81)69-37(54(89)90)17-8-22-67-57(63)64)40-18-5-4-14-34(40)45(73-46)31-11-2-1-3-12-31/h1-5,10-14,18,24,32,35-39,41-42,46,78-79H,6-9,15-17,19-23,25-30,58H2,(H,68,85)(H,69,81)(H,70,80)(H,71,82)(H,72,83)(H,74,84)(H,89,90)(H4,59,60,65)(H4,61,62,66)(H4,63,64,67)/t32?,35-,36+,37-,38+,39+,41+,42+,46?/m1/s1. The number of amides is 9. The summed E-state index contributed by atoms with van der Waals surface area (Å²) in [4.78, 5) is 159. The number of aliphatic imine (C=N–C) groups is 4. The molecule has 3 aliphatic rings. The van der Waals surface area contributed by atoms with Gasteiger partial charge in [-0.2, -0.15) is 0 Å². The van der Waals surface area contributed by atoms with Crippen LogP contribution in [0.4, 0.5) is 5.69 Å². The summed E-state index contributed by atoms with van der Waals surface area (Å²) >= 11 is 1.23. The smallest absolute Gasteiger partial charge is 0.326 e. The Morgan fingerprint density at radius 1 is 0.692 bits per heavy atom. The van der Waals surface area contributed by atoms with Gasteiger partial charge in [-0.15, -0.1) is 11.3 Å². The number of aliphatic hydroxyl groups excluding tert-OH is 2. The second-order valence-corrected chi connectivity index (χ2v) is 22.7. The van der Waals surface area contributed by atoms with Crippen molar-refractivity contribution in [3.63, 3.8) is 0 Å². The van der Waals surface area contributed by atoms with E-state index in [2.05, 4.69) is 51.9 Å². The van der Waals surface area contributed by atoms with Crippen molar-refractivity contribution in [2.45, 2.75) is 119 Å². The number of aliphatic carboxylic acids is 1. The molecule has 6 rings (SSSR count). The number of carbonyl (C=O) groups is 10. The molecule has 9 amide bonds. The predicted octanol–water partition coefficient (Wildman–Crippen LogP) is -5.81. The Morgan fingerprint density at radius 2 is 1.31 bits per heavy atom. The number of para-hydroxylation sites is 1. The molecule has 4 heterocycles. The zero-order valence-corrected chi connectivity index (χ0v) is 50.7. The molecular weight excluding hydrogens is 1200 g/mol. The summed E-state index contributed by atoms with van der Waals surface area (Å²) < 4.78 is 0. The van der Waals surface area contributed by atoms with E-state index in [1.165, 1.54) is 22.3 Å². The maximum absolute atomic E-state index is 14.7. The molecule has 2 saturated heterocycles. The van der Waals surface area contributed by atoms with Crippen LogP contribution in [-0.2, 0) is 54.4 Å². The van der Waals surface area contributed by atoms with Crippen molar-refractivity contribution < 1.29 is 63.3 Å². The van der Waals surface area contributed by atoms with Crippen molar-refractivity contribution in [3.8, 4) is 0 Å². The molecule has 23 N–H and O–H groups in total. The number of carboxylic acid groups (broad SMARTS) is 1. The van der Waals surface area contributed by atoms with Gasteiger partial charge in [0, 0.05) is 61.6 Å². The Hall–Kier alpha value is -9.80. The molecule has 3 aromatic rings. The predicted molar refractivity (Wildman–Crippen MR) is 335 cm³/mol. The summed E-state index contributed by atoms with van der Waals surface area (Å²) in [6.45, 7) is -2.31. The number of rotatable bonds is 32. The number of carboxylic acids is 1. The van der Waals surface area contributed by atoms with Crippen LogP contribution in [0.5, 0.6) is 0 Å². The highest BCUT2D eigenvalue weighted by Gasteiger charge is 2.46. The molecule has 0 saturated carbocycles. The maximum Gasteiger partial charge on any atom is 0.326 e. The topological polar surface area (TPSA) is 545 Å². The number of benzodiazepines with no additional fused rings is 1. The molecule has 2 aromatic carbocycles. The second kappa shape index (κ2) is 34.2. The van der Waals surface area contributed by atoms with Crippen LogP contribution in [0.25, 0.3) is 0 Å². The summed E-state index contributed by atoms with van der Waals surface area (Å²) in [5, 5.41) is 48.2. The number of nitrogens with zero attached hydrogens (tertiary/aromatic N) is 7. The highest BCUT2D eigenvalue weighted by atomic mass is 32.1. The first-order chi connectivity index (χ1) is 43.4. The molecule has 3 aliphatic heterocycles. The normalized spacial score (nSPS) is 18.5. The van der Waals surface area contributed by atoms with Gasteiger partial charge in [-0.3, -0.25) is 63.0 Å². The van der Waals surface area contributed by atoms with Gasteiger partial charge in [0.25, 0.3) is 5.91 Å². The summed E-state index contributed by atoms with van der Waals surface area (Å²) in [5.74, 6) is -9.48. The van der Waals surface area contributed by atoms with Gasteiger partial charge in [0.1, 0.15) is 42.8 Å². The minimum absolute atomic E-state index is 0.0587. The van der Waals surface area contributed by atoms with Gasteiger partial charge in [0.15, 0.2) is 17.9 Å². The first kappa shape index (κ1) is 70.3. The van der Waals surface area contributed by atoms with Crippen LogP contribution in [0, 0.1) is 0 Å². The van der Waals surface area contributed by atoms with E-state index in [9.17, 15) is 63.3 Å². The molecule has 0 radical (unpaired) electrons. The number of guanidine groups is 3. The SMILES string of the molecule is NC(N)=NCCC[C@@H](N)C(=O)N[C@@H](CCCN=C(N)N)C(=O)N1CCC[C@H]1C(=O)N1CC(O)C[C@H]1C(=O)NCC(=O)N[C@@H](Cc1cccs1)C(=O)N[C@@H](CO)C(=O)NC1N=C(c2ccccc2)c2ccccc2N(CC(=O)N[C@H](CCCN=C(N)N)C(=O)O)C1=O. The largest absolute Gasteiger partial charge is 0.480 e. The minimum atomic E-state index is -1.82. The number of aliphatic hydroxyl groups is 2. The monoisotopic (exact) mass is 1280 g/mol. The summed E-state index contributed by atoms with van der Waals surface area (Å²) in [6.07, 6.45) is -1.87. The van der Waals surface area contributed by atoms with Gasteiger partial charge in [-0.05, 0) is 68.9 Å². The Morgan fingerprint density at radius 3 is 1.93 bits per heavy atom. The molecule has 0 bridgehead atoms. The van der Waals surface area contributed by atoms with Crippen LogP contribution in [0.1, 0.15) is 73.8 Å². The number of hydrogen-bond donors (Lipinski definition) is 16. The summed E-state index contributed by atoms with van der Waals surface area (Å²) in [5.41, 5.74) is 39.9. The van der Waals surface area contributed by atoms with E-state index in [1.807, 2.05) is 0 Å². The molecule has 34 heteroatoms. The van der Waals surface area contributed by atoms with Crippen LogP contribution < -0.4 is 76.9 Å². The van der Waals surface area contributed by atoms with Gasteiger partial charge in [0.05, 0.1) is 36.7 Å². The van der Waals surface area contributed by atoms with Crippen molar-refractivity contribution in [1.82, 2.24) is 41.7 Å². The van der Waals surface area contributed by atoms with Crippen molar-refractivity contribution in [2.75, 3.05) is 57.3 Å². The lowest BCUT2D eigenvalue weighted by Gasteiger charge is -2.33. The number of benzene rings is 2. The fourth-order valence-corrected chi connectivity index (χ4v) is 11.2. The average molecular weight is 1290 g/mol. The Labute approximate surface area is 527 Å². The number of β-amino-alcohol motifs (C(OH)–C–C–N with tert-alkyl or cyclic N) is 1. The van der Waals surface area contributed by atoms with Crippen molar-refractivity contribution in [3.05, 3.63) is 88.1 Å². The van der Waals surface area contributed by atoms with Crippen LogP contribution in [0.15, 0.2) is 92.1 Å². The number of thiophene rings is 1. The molecular formula is C57H80N20O13S. The van der Waals surface area contributed by atoms with E-state index >= 15 is 0 Å². The molecule has 0 aliphatic carbocycles. The molecule has 2 unspecified atom stereocenters. The highest BCUT2D eigenvalue weighted by molar-refractivity contribution is 7.09. The molecule has 2 fully saturated rings. The Balaban J connectivity index is 1.13. The Bertz CT molecular complexity index is 3190. The first-order valence-corrected chi connectivity index (χ1v) is 30.2. The summed E-state index contributed by atoms with van der Waals surface area (Å²) in [7, 11) is 0. The van der Waals surface area contributed by atoms with Crippen molar-refractivity contribution in [1.29, 1.82) is 0 Å². The van der Waals surface area contributed by atoms with Gasteiger partial charge in [0.2, 0.25) is 53.4 Å². The van der Waals surface area contributed by atoms with E-state index in [0.29, 0.717) is 28.8 Å². The lowest BCUT2D eigenvalue weighted by molar-refractivity contribution is -0.148. The van der Waals surface area contributed by atoms with Gasteiger partial charge in [-0.1, -0.05) is 54.6 Å². The minimum Gasteiger partial charge on any atom is -0.480 e. The molecule has 33 nitrogen and oxygen atoms in total. The summed E-state index contributed by atoms with van der Waals surface area (Å²) in [6, 6.07) is 9.05. The third-order valence-corrected chi connectivity index (χ3v) is 15.7. The lowest BCUT2D eigenvalue weighted by Crippen LogP contribution is -2.59. The number of hydrogen-bond acceptors (Lipinski definition) is 18. The molecule has 91 heavy (non-hydrogen) atoms. The number of nitrogens with one attached hydrogen (secondary N) is 6. The first-order valence-electron chi connectivity index (χ1n) is 29.3. The van der Waals surface area contributed by atoms with E-state index in [0.717, 1.165) is 9.80 Å². The van der Waals surface area contributed by atoms with Crippen LogP contribution in [-0.4, -0.2) is 215 Å². The van der Waals surface area contributed by atoms with Gasteiger partial charge < -0.3 is 97.2 Å². The van der Waals surface area contributed by atoms with Gasteiger partial charge >= 0.3 is 5.97 Å². The molecule has 1 aromatic heterocycles. The number of likely N-dealkylation sites (tertiary alicyclic amines) is 2. The maximum atomic E-state index is 14.7. The number of nitrogens with two attached hydrogens (primary N) is 7. The third kappa shape index (κ3) is 20.6. The van der Waals surface area contributed by atoms with Crippen LogP contribution in [0.3, 0.4) is 0 Å². The van der Waals surface area contributed by atoms with E-state index in [-0.39, 0.29) is 113 Å². The second-order valence-electron chi connectivity index (χ2n) is 21.6. The van der Waals surface area contributed by atoms with E-state index in [1.54, 1.807) is 66.0 Å². The fraction of sp³-hybridized carbons (Fsp3) is 0.474. The third-order valence-electron chi connectivity index (χ3n) is 14.8. The van der Waals surface area contributed by atoms with Crippen molar-refractivity contribution in [2.24, 2.45) is 60.1 Å².